The molecule has 0 unspecified atom stereocenters. The SMILES string of the molecule is Cc1cc(C(=O)Nc2ccc(Br)cn2)nn1C(=O)Nc1ccc(-c2ccccc2S(N)(=O)=O)cc1. The van der Waals surface area contributed by atoms with Gasteiger partial charge >= 0.3 is 6.03 Å². The normalized spacial score (nSPS) is 11.2. The molecule has 0 fully saturated rings. The van der Waals surface area contributed by atoms with E-state index in [0.717, 1.165) is 9.15 Å². The van der Waals surface area contributed by atoms with E-state index < -0.39 is 22.0 Å². The van der Waals surface area contributed by atoms with Gasteiger partial charge in [0, 0.05) is 27.6 Å². The van der Waals surface area contributed by atoms with Crippen LogP contribution in [-0.4, -0.2) is 35.1 Å². The predicted octanol–water partition coefficient (Wildman–Crippen LogP) is 4.00. The zero-order valence-corrected chi connectivity index (χ0v) is 20.7. The number of carbonyl (C=O) groups excluding carboxylic acids is 2. The number of sulfonamides is 1. The molecule has 0 bridgehead atoms. The lowest BCUT2D eigenvalue weighted by atomic mass is 10.1. The highest BCUT2D eigenvalue weighted by Gasteiger charge is 2.18. The van der Waals surface area contributed by atoms with Crippen molar-refractivity contribution in [2.75, 3.05) is 10.6 Å². The van der Waals surface area contributed by atoms with Gasteiger partial charge in [0.15, 0.2) is 5.69 Å². The lowest BCUT2D eigenvalue weighted by Crippen LogP contribution is -2.22. The molecular weight excluding hydrogens is 536 g/mol. The van der Waals surface area contributed by atoms with E-state index in [1.54, 1.807) is 67.7 Å². The number of carbonyl (C=O) groups is 2. The first-order valence-electron chi connectivity index (χ1n) is 10.1. The Labute approximate surface area is 209 Å². The molecule has 0 saturated heterocycles. The molecular formula is C23H19BrN6O4S. The van der Waals surface area contributed by atoms with Gasteiger partial charge in [0.1, 0.15) is 5.82 Å². The number of benzene rings is 2. The van der Waals surface area contributed by atoms with Crippen LogP contribution in [0.25, 0.3) is 11.1 Å². The second kappa shape index (κ2) is 9.78. The molecule has 0 saturated carbocycles. The summed E-state index contributed by atoms with van der Waals surface area (Å²) in [6.45, 7) is 1.65. The molecule has 0 radical (unpaired) electrons. The van der Waals surface area contributed by atoms with E-state index in [0.29, 0.717) is 28.3 Å². The largest absolute Gasteiger partial charge is 0.346 e. The summed E-state index contributed by atoms with van der Waals surface area (Å²) >= 11 is 3.27. The van der Waals surface area contributed by atoms with Crippen LogP contribution in [0.5, 0.6) is 0 Å². The molecule has 0 atom stereocenters. The number of nitrogens with zero attached hydrogens (tertiary/aromatic N) is 3. The van der Waals surface area contributed by atoms with Crippen LogP contribution in [0.2, 0.25) is 0 Å². The quantitative estimate of drug-likeness (QED) is 0.339. The van der Waals surface area contributed by atoms with Crippen molar-refractivity contribution in [1.82, 2.24) is 14.8 Å². The molecule has 0 spiro atoms. The molecule has 0 aliphatic rings. The highest BCUT2D eigenvalue weighted by atomic mass is 79.9. The van der Waals surface area contributed by atoms with Crippen molar-refractivity contribution in [1.29, 1.82) is 0 Å². The van der Waals surface area contributed by atoms with Crippen molar-refractivity contribution < 1.29 is 18.0 Å². The van der Waals surface area contributed by atoms with Crippen LogP contribution in [0, 0.1) is 6.92 Å². The van der Waals surface area contributed by atoms with Gasteiger partial charge in [-0.1, -0.05) is 30.3 Å². The number of primary sulfonamides is 1. The summed E-state index contributed by atoms with van der Waals surface area (Å²) in [5.41, 5.74) is 2.02. The number of anilines is 2. The monoisotopic (exact) mass is 554 g/mol. The lowest BCUT2D eigenvalue weighted by molar-refractivity contribution is 0.102. The maximum absolute atomic E-state index is 12.8. The minimum atomic E-state index is -3.90. The fourth-order valence-electron chi connectivity index (χ4n) is 3.28. The fraction of sp³-hybridized carbons (Fsp3) is 0.0435. The van der Waals surface area contributed by atoms with Gasteiger partial charge in [0.25, 0.3) is 5.91 Å². The maximum Gasteiger partial charge on any atom is 0.346 e. The minimum Gasteiger partial charge on any atom is -0.306 e. The number of halogens is 1. The van der Waals surface area contributed by atoms with Gasteiger partial charge in [-0.25, -0.2) is 23.3 Å². The number of aryl methyl sites for hydroxylation is 1. The van der Waals surface area contributed by atoms with Gasteiger partial charge in [0.2, 0.25) is 10.0 Å². The second-order valence-electron chi connectivity index (χ2n) is 7.45. The van der Waals surface area contributed by atoms with Crippen LogP contribution in [0.1, 0.15) is 16.2 Å². The lowest BCUT2D eigenvalue weighted by Gasteiger charge is -2.10. The Balaban J connectivity index is 1.48. The van der Waals surface area contributed by atoms with E-state index in [2.05, 4.69) is 36.6 Å². The predicted molar refractivity (Wildman–Crippen MR) is 135 cm³/mol. The smallest absolute Gasteiger partial charge is 0.306 e. The molecule has 0 aliphatic carbocycles. The topological polar surface area (TPSA) is 149 Å². The zero-order chi connectivity index (χ0) is 25.2. The molecule has 2 aromatic heterocycles. The molecule has 4 rings (SSSR count). The van der Waals surface area contributed by atoms with E-state index in [1.807, 2.05) is 0 Å². The van der Waals surface area contributed by atoms with Crippen molar-refractivity contribution in [2.24, 2.45) is 5.14 Å². The number of aromatic nitrogens is 3. The standard InChI is InChI=1S/C23H19BrN6O4S/c1-14-12-19(22(31)28-21-11-8-16(24)13-26-21)29-30(14)23(32)27-17-9-6-15(7-10-17)18-4-2-3-5-20(18)35(25,33)34/h2-13H,1H3,(H,27,32)(H2,25,33,34)(H,26,28,31). The number of hydrogen-bond donors (Lipinski definition) is 3. The van der Waals surface area contributed by atoms with Crippen LogP contribution in [-0.2, 0) is 10.0 Å². The summed E-state index contributed by atoms with van der Waals surface area (Å²) in [7, 11) is -3.90. The maximum atomic E-state index is 12.8. The summed E-state index contributed by atoms with van der Waals surface area (Å²) in [5.74, 6) is -0.161. The van der Waals surface area contributed by atoms with E-state index in [9.17, 15) is 18.0 Å². The van der Waals surface area contributed by atoms with Gasteiger partial charge in [-0.2, -0.15) is 9.78 Å². The fourth-order valence-corrected chi connectivity index (χ4v) is 4.28. The van der Waals surface area contributed by atoms with Crippen LogP contribution >= 0.6 is 15.9 Å². The Morgan fingerprint density at radius 3 is 2.37 bits per heavy atom. The molecule has 2 aromatic carbocycles. The third kappa shape index (κ3) is 5.62. The van der Waals surface area contributed by atoms with E-state index in [-0.39, 0.29) is 10.6 Å². The van der Waals surface area contributed by atoms with E-state index >= 15 is 0 Å². The number of rotatable bonds is 5. The third-order valence-corrected chi connectivity index (χ3v) is 6.36. The molecule has 2 heterocycles. The van der Waals surface area contributed by atoms with Crippen LogP contribution < -0.4 is 15.8 Å². The highest BCUT2D eigenvalue weighted by molar-refractivity contribution is 9.10. The molecule has 35 heavy (non-hydrogen) atoms. The molecule has 4 aromatic rings. The highest BCUT2D eigenvalue weighted by Crippen LogP contribution is 2.27. The van der Waals surface area contributed by atoms with Crippen LogP contribution in [0.3, 0.4) is 0 Å². The molecule has 10 nitrogen and oxygen atoms in total. The molecule has 2 amide bonds. The average molecular weight is 555 g/mol. The third-order valence-electron chi connectivity index (χ3n) is 4.92. The first kappa shape index (κ1) is 24.3. The van der Waals surface area contributed by atoms with Gasteiger partial charge in [0.05, 0.1) is 4.90 Å². The first-order valence-corrected chi connectivity index (χ1v) is 12.5. The van der Waals surface area contributed by atoms with Crippen LogP contribution in [0.4, 0.5) is 16.3 Å². The van der Waals surface area contributed by atoms with Gasteiger partial charge < -0.3 is 10.6 Å². The van der Waals surface area contributed by atoms with E-state index in [4.69, 9.17) is 5.14 Å². The molecule has 0 aliphatic heterocycles. The van der Waals surface area contributed by atoms with Crippen molar-refractivity contribution in [3.05, 3.63) is 88.8 Å². The number of pyridine rings is 1. The van der Waals surface area contributed by atoms with Crippen molar-refractivity contribution in [3.63, 3.8) is 0 Å². The summed E-state index contributed by atoms with van der Waals surface area (Å²) in [6.07, 6.45) is 1.55. The summed E-state index contributed by atoms with van der Waals surface area (Å²) in [5, 5.41) is 14.7. The van der Waals surface area contributed by atoms with Gasteiger partial charge in [-0.3, -0.25) is 4.79 Å². The number of amides is 2. The van der Waals surface area contributed by atoms with Crippen molar-refractivity contribution in [3.8, 4) is 11.1 Å². The second-order valence-corrected chi connectivity index (χ2v) is 9.89. The van der Waals surface area contributed by atoms with Gasteiger partial charge in [-0.15, -0.1) is 0 Å². The Morgan fingerprint density at radius 1 is 1.00 bits per heavy atom. The minimum absolute atomic E-state index is 0.00750. The van der Waals surface area contributed by atoms with Crippen molar-refractivity contribution >= 4 is 49.4 Å². The Morgan fingerprint density at radius 2 is 1.71 bits per heavy atom. The molecule has 178 valence electrons. The Hall–Kier alpha value is -3.87. The first-order chi connectivity index (χ1) is 16.6. The molecule has 4 N–H and O–H groups in total. The van der Waals surface area contributed by atoms with E-state index in [1.165, 1.54) is 12.1 Å². The van der Waals surface area contributed by atoms with Crippen LogP contribution in [0.15, 0.2) is 82.3 Å². The number of nitrogens with one attached hydrogen (secondary N) is 2. The number of hydrogen-bond acceptors (Lipinski definition) is 6. The average Bonchev–Trinajstić information content (AvgIpc) is 3.22. The Kier molecular flexibility index (Phi) is 6.78. The van der Waals surface area contributed by atoms with Gasteiger partial charge in [-0.05, 0) is 64.8 Å². The summed E-state index contributed by atoms with van der Waals surface area (Å²) < 4.78 is 25.6. The van der Waals surface area contributed by atoms with Crippen molar-refractivity contribution in [2.45, 2.75) is 11.8 Å². The Bertz CT molecular complexity index is 1520. The molecule has 12 heteroatoms. The zero-order valence-electron chi connectivity index (χ0n) is 18.3. The summed E-state index contributed by atoms with van der Waals surface area (Å²) in [6, 6.07) is 17.2. The number of nitrogens with two attached hydrogens (primary N) is 1. The summed E-state index contributed by atoms with van der Waals surface area (Å²) in [4.78, 5) is 29.3.